The van der Waals surface area contributed by atoms with E-state index in [1.54, 1.807) is 25.2 Å². The molecular weight excluding hydrogens is 280 g/mol. The molecule has 0 bridgehead atoms. The number of hydrogen-bond donors (Lipinski definition) is 1. The van der Waals surface area contributed by atoms with Crippen LogP contribution >= 0.6 is 0 Å². The molecule has 1 N–H and O–H groups in total. The van der Waals surface area contributed by atoms with Gasteiger partial charge in [-0.2, -0.15) is 0 Å². The van der Waals surface area contributed by atoms with Crippen LogP contribution < -0.4 is 15.0 Å². The number of amides is 2. The van der Waals surface area contributed by atoms with Gasteiger partial charge in [-0.3, -0.25) is 9.59 Å². The summed E-state index contributed by atoms with van der Waals surface area (Å²) in [5, 5.41) is 2.85. The van der Waals surface area contributed by atoms with Crippen molar-refractivity contribution in [1.82, 2.24) is 0 Å². The van der Waals surface area contributed by atoms with Crippen molar-refractivity contribution in [2.75, 3.05) is 23.9 Å². The highest BCUT2D eigenvalue weighted by Gasteiger charge is 2.26. The molecule has 2 aromatic carbocycles. The molecule has 0 fully saturated rings. The minimum atomic E-state index is -0.259. The number of carbonyl (C=O) groups excluding carboxylic acids is 2. The number of aryl methyl sites for hydroxylation is 1. The van der Waals surface area contributed by atoms with Crippen molar-refractivity contribution in [2.45, 2.75) is 6.92 Å². The Kier molecular flexibility index (Phi) is 3.55. The monoisotopic (exact) mass is 296 g/mol. The molecule has 1 aliphatic rings. The maximum atomic E-state index is 12.5. The van der Waals surface area contributed by atoms with E-state index in [4.69, 9.17) is 4.74 Å². The van der Waals surface area contributed by atoms with Crippen LogP contribution in [-0.4, -0.2) is 25.5 Å². The lowest BCUT2D eigenvalue weighted by molar-refractivity contribution is -0.121. The highest BCUT2D eigenvalue weighted by molar-refractivity contribution is 6.09. The van der Waals surface area contributed by atoms with Gasteiger partial charge in [0.15, 0.2) is 12.4 Å². The third kappa shape index (κ3) is 2.53. The van der Waals surface area contributed by atoms with Crippen LogP contribution in [0.4, 0.5) is 11.4 Å². The van der Waals surface area contributed by atoms with Gasteiger partial charge < -0.3 is 15.0 Å². The van der Waals surface area contributed by atoms with Crippen LogP contribution in [-0.2, 0) is 4.79 Å². The van der Waals surface area contributed by atoms with E-state index in [1.165, 1.54) is 4.90 Å². The lowest BCUT2D eigenvalue weighted by Gasteiger charge is -2.27. The molecule has 3 rings (SSSR count). The van der Waals surface area contributed by atoms with E-state index in [-0.39, 0.29) is 18.4 Å². The van der Waals surface area contributed by atoms with Crippen LogP contribution in [0.15, 0.2) is 42.5 Å². The summed E-state index contributed by atoms with van der Waals surface area (Å²) >= 11 is 0. The SMILES string of the molecule is Cc1cccc(NC(=O)c2cccc3c2OCC(=O)N3C)c1. The second kappa shape index (κ2) is 5.52. The number of para-hydroxylation sites is 1. The molecule has 22 heavy (non-hydrogen) atoms. The second-order valence-electron chi connectivity index (χ2n) is 5.22. The molecule has 0 atom stereocenters. The van der Waals surface area contributed by atoms with Crippen molar-refractivity contribution >= 4 is 23.2 Å². The van der Waals surface area contributed by atoms with Gasteiger partial charge in [0.05, 0.1) is 11.3 Å². The molecule has 0 unspecified atom stereocenters. The molecule has 0 saturated heterocycles. The van der Waals surface area contributed by atoms with Gasteiger partial charge in [-0.15, -0.1) is 0 Å². The Morgan fingerprint density at radius 2 is 2.00 bits per heavy atom. The number of rotatable bonds is 2. The van der Waals surface area contributed by atoms with Crippen molar-refractivity contribution in [2.24, 2.45) is 0 Å². The van der Waals surface area contributed by atoms with Gasteiger partial charge in [0.25, 0.3) is 11.8 Å². The highest BCUT2D eigenvalue weighted by Crippen LogP contribution is 2.34. The molecule has 2 aromatic rings. The Morgan fingerprint density at radius 3 is 2.77 bits per heavy atom. The van der Waals surface area contributed by atoms with Crippen molar-refractivity contribution in [3.63, 3.8) is 0 Å². The average Bonchev–Trinajstić information content (AvgIpc) is 2.50. The van der Waals surface area contributed by atoms with E-state index in [9.17, 15) is 9.59 Å². The summed E-state index contributed by atoms with van der Waals surface area (Å²) in [7, 11) is 1.67. The van der Waals surface area contributed by atoms with Crippen LogP contribution in [0.1, 0.15) is 15.9 Å². The van der Waals surface area contributed by atoms with Crippen molar-refractivity contribution in [3.8, 4) is 5.75 Å². The Labute approximate surface area is 128 Å². The largest absolute Gasteiger partial charge is 0.481 e. The number of ether oxygens (including phenoxy) is 1. The number of carbonyl (C=O) groups is 2. The number of fused-ring (bicyclic) bond motifs is 1. The first-order valence-electron chi connectivity index (χ1n) is 6.96. The van der Waals surface area contributed by atoms with Gasteiger partial charge in [-0.05, 0) is 36.8 Å². The molecule has 0 radical (unpaired) electrons. The fourth-order valence-corrected chi connectivity index (χ4v) is 2.41. The molecule has 0 aromatic heterocycles. The standard InChI is InChI=1S/C17H16N2O3/c1-11-5-3-6-12(9-11)18-17(21)13-7-4-8-14-16(13)22-10-15(20)19(14)2/h3-9H,10H2,1-2H3,(H,18,21). The third-order valence-corrected chi connectivity index (χ3v) is 3.59. The summed E-state index contributed by atoms with van der Waals surface area (Å²) in [5.41, 5.74) is 2.81. The van der Waals surface area contributed by atoms with Crippen LogP contribution in [0, 0.1) is 6.92 Å². The Balaban J connectivity index is 1.92. The van der Waals surface area contributed by atoms with E-state index in [0.717, 1.165) is 11.3 Å². The fourth-order valence-electron chi connectivity index (χ4n) is 2.41. The zero-order valence-corrected chi connectivity index (χ0v) is 12.4. The van der Waals surface area contributed by atoms with Crippen LogP contribution in [0.3, 0.4) is 0 Å². The predicted molar refractivity (Wildman–Crippen MR) is 84.5 cm³/mol. The molecule has 5 nitrogen and oxygen atoms in total. The number of benzene rings is 2. The van der Waals surface area contributed by atoms with Gasteiger partial charge in [-0.25, -0.2) is 0 Å². The Morgan fingerprint density at radius 1 is 1.23 bits per heavy atom. The third-order valence-electron chi connectivity index (χ3n) is 3.59. The lowest BCUT2D eigenvalue weighted by Crippen LogP contribution is -2.36. The van der Waals surface area contributed by atoms with E-state index in [1.807, 2.05) is 31.2 Å². The maximum Gasteiger partial charge on any atom is 0.264 e. The number of hydrogen-bond acceptors (Lipinski definition) is 3. The number of nitrogens with one attached hydrogen (secondary N) is 1. The van der Waals surface area contributed by atoms with E-state index in [2.05, 4.69) is 5.32 Å². The van der Waals surface area contributed by atoms with Crippen molar-refractivity contribution < 1.29 is 14.3 Å². The number of likely N-dealkylation sites (N-methyl/N-ethyl adjacent to an activating group) is 1. The summed E-state index contributed by atoms with van der Waals surface area (Å²) < 4.78 is 5.47. The summed E-state index contributed by atoms with van der Waals surface area (Å²) in [5.74, 6) is 0.0451. The Bertz CT molecular complexity index is 755. The van der Waals surface area contributed by atoms with Gasteiger partial charge in [0.1, 0.15) is 0 Å². The van der Waals surface area contributed by atoms with Crippen molar-refractivity contribution in [1.29, 1.82) is 0 Å². The van der Waals surface area contributed by atoms with Crippen LogP contribution in [0.25, 0.3) is 0 Å². The van der Waals surface area contributed by atoms with Gasteiger partial charge in [-0.1, -0.05) is 18.2 Å². The van der Waals surface area contributed by atoms with Gasteiger partial charge >= 0.3 is 0 Å². The van der Waals surface area contributed by atoms with Crippen molar-refractivity contribution in [3.05, 3.63) is 53.6 Å². The molecule has 0 spiro atoms. The van der Waals surface area contributed by atoms with E-state index in [0.29, 0.717) is 17.0 Å². The molecule has 5 heteroatoms. The molecule has 0 aliphatic carbocycles. The van der Waals surface area contributed by atoms with E-state index >= 15 is 0 Å². The normalized spacial score (nSPS) is 13.4. The first kappa shape index (κ1) is 14.1. The average molecular weight is 296 g/mol. The molecule has 1 aliphatic heterocycles. The first-order valence-corrected chi connectivity index (χ1v) is 6.96. The minimum absolute atomic E-state index is 0.0573. The smallest absolute Gasteiger partial charge is 0.264 e. The fraction of sp³-hybridized carbons (Fsp3) is 0.176. The molecule has 112 valence electrons. The first-order chi connectivity index (χ1) is 10.6. The molecule has 1 heterocycles. The second-order valence-corrected chi connectivity index (χ2v) is 5.22. The zero-order chi connectivity index (χ0) is 15.7. The summed E-state index contributed by atoms with van der Waals surface area (Å²) in [4.78, 5) is 25.7. The highest BCUT2D eigenvalue weighted by atomic mass is 16.5. The lowest BCUT2D eigenvalue weighted by atomic mass is 10.1. The van der Waals surface area contributed by atoms with Crippen LogP contribution in [0.2, 0.25) is 0 Å². The van der Waals surface area contributed by atoms with E-state index < -0.39 is 0 Å². The zero-order valence-electron chi connectivity index (χ0n) is 12.4. The topological polar surface area (TPSA) is 58.6 Å². The summed E-state index contributed by atoms with van der Waals surface area (Å²) in [6, 6.07) is 12.8. The number of nitrogens with zero attached hydrogens (tertiary/aromatic N) is 1. The summed E-state index contributed by atoms with van der Waals surface area (Å²) in [6.07, 6.45) is 0. The maximum absolute atomic E-state index is 12.5. The van der Waals surface area contributed by atoms with Crippen LogP contribution in [0.5, 0.6) is 5.75 Å². The summed E-state index contributed by atoms with van der Waals surface area (Å²) in [6.45, 7) is 1.90. The quantitative estimate of drug-likeness (QED) is 0.926. The van der Waals surface area contributed by atoms with Gasteiger partial charge in [0.2, 0.25) is 0 Å². The predicted octanol–water partition coefficient (Wildman–Crippen LogP) is 2.60. The number of anilines is 2. The molecule has 0 saturated carbocycles. The minimum Gasteiger partial charge on any atom is -0.481 e. The molecule has 2 amide bonds. The Hall–Kier alpha value is -2.82. The van der Waals surface area contributed by atoms with Gasteiger partial charge in [0, 0.05) is 12.7 Å². The molecular formula is C17H16N2O3.